The molecule has 0 spiro atoms. The van der Waals surface area contributed by atoms with Gasteiger partial charge in [0.1, 0.15) is 0 Å². The Kier molecular flexibility index (Phi) is 5.40. The molecule has 2 aliphatic rings. The molecule has 0 bridgehead atoms. The number of nitrogens with zero attached hydrogens (tertiary/aromatic N) is 1. The largest absolute Gasteiger partial charge is 0.481 e. The van der Waals surface area contributed by atoms with Gasteiger partial charge in [0.25, 0.3) is 0 Å². The molecule has 3 rings (SSSR count). The van der Waals surface area contributed by atoms with E-state index < -0.39 is 21.9 Å². The van der Waals surface area contributed by atoms with E-state index in [1.54, 1.807) is 0 Å². The van der Waals surface area contributed by atoms with Gasteiger partial charge in [-0.2, -0.15) is 0 Å². The van der Waals surface area contributed by atoms with E-state index in [9.17, 15) is 18.0 Å². The first kappa shape index (κ1) is 18.6. The second-order valence-electron chi connectivity index (χ2n) is 6.27. The van der Waals surface area contributed by atoms with Crippen molar-refractivity contribution in [3.8, 4) is 0 Å². The van der Waals surface area contributed by atoms with E-state index in [2.05, 4.69) is 4.72 Å². The standard InChI is InChI=1S/C17H20N2O6S/c20-16-8-13(17(21)22)10-19(16)14-3-5-15(6-4-14)26(23,24)18-9-12-2-1-7-25-11-12/h2-6,13,18H,1,7-11H2,(H,21,22). The highest BCUT2D eigenvalue weighted by Gasteiger charge is 2.35. The minimum atomic E-state index is -3.68. The number of amides is 1. The summed E-state index contributed by atoms with van der Waals surface area (Å²) in [6, 6.07) is 5.84. The fraction of sp³-hybridized carbons (Fsp3) is 0.412. The SMILES string of the molecule is O=C(O)C1CC(=O)N(c2ccc(S(=O)(=O)NCC3=CCCOC3)cc2)C1. The van der Waals surface area contributed by atoms with Gasteiger partial charge < -0.3 is 14.7 Å². The number of carboxylic acid groups (broad SMARTS) is 1. The lowest BCUT2D eigenvalue weighted by molar-refractivity contribution is -0.141. The maximum Gasteiger partial charge on any atom is 0.308 e. The molecule has 1 unspecified atom stereocenters. The van der Waals surface area contributed by atoms with Crippen molar-refractivity contribution in [3.05, 3.63) is 35.9 Å². The quantitative estimate of drug-likeness (QED) is 0.704. The van der Waals surface area contributed by atoms with Crippen molar-refractivity contribution in [2.24, 2.45) is 5.92 Å². The zero-order valence-corrected chi connectivity index (χ0v) is 14.9. The van der Waals surface area contributed by atoms with E-state index in [1.165, 1.54) is 29.2 Å². The zero-order valence-electron chi connectivity index (χ0n) is 14.1. The highest BCUT2D eigenvalue weighted by atomic mass is 32.2. The van der Waals surface area contributed by atoms with E-state index in [-0.39, 0.29) is 30.3 Å². The lowest BCUT2D eigenvalue weighted by atomic mass is 10.1. The minimum absolute atomic E-state index is 0.0475. The molecule has 0 aliphatic carbocycles. The number of benzene rings is 1. The molecule has 8 nitrogen and oxygen atoms in total. The van der Waals surface area contributed by atoms with Gasteiger partial charge in [0.05, 0.1) is 24.0 Å². The first-order valence-corrected chi connectivity index (χ1v) is 9.74. The third-order valence-corrected chi connectivity index (χ3v) is 5.82. The monoisotopic (exact) mass is 380 g/mol. The molecule has 2 heterocycles. The van der Waals surface area contributed by atoms with E-state index in [0.29, 0.717) is 18.9 Å². The van der Waals surface area contributed by atoms with Gasteiger partial charge in [0, 0.05) is 25.2 Å². The van der Waals surface area contributed by atoms with Crippen LogP contribution in [0.2, 0.25) is 0 Å². The summed E-state index contributed by atoms with van der Waals surface area (Å²) in [5, 5.41) is 9.03. The molecule has 0 radical (unpaired) electrons. The maximum absolute atomic E-state index is 12.4. The maximum atomic E-state index is 12.4. The third-order valence-electron chi connectivity index (χ3n) is 4.40. The molecule has 140 valence electrons. The van der Waals surface area contributed by atoms with Gasteiger partial charge in [-0.1, -0.05) is 6.08 Å². The van der Waals surface area contributed by atoms with Crippen LogP contribution in [-0.4, -0.2) is 51.7 Å². The van der Waals surface area contributed by atoms with Crippen molar-refractivity contribution in [2.75, 3.05) is 31.2 Å². The molecule has 1 aromatic carbocycles. The molecule has 1 amide bonds. The smallest absolute Gasteiger partial charge is 0.308 e. The van der Waals surface area contributed by atoms with Crippen LogP contribution in [0.4, 0.5) is 5.69 Å². The average Bonchev–Trinajstić information content (AvgIpc) is 3.03. The summed E-state index contributed by atoms with van der Waals surface area (Å²) in [7, 11) is -3.68. The fourth-order valence-corrected chi connectivity index (χ4v) is 3.97. The topological polar surface area (TPSA) is 113 Å². The first-order valence-electron chi connectivity index (χ1n) is 8.25. The zero-order chi connectivity index (χ0) is 18.7. The van der Waals surface area contributed by atoms with Crippen LogP contribution in [0.5, 0.6) is 0 Å². The Bertz CT molecular complexity index is 831. The molecule has 2 aliphatic heterocycles. The molecular formula is C17H20N2O6S. The second-order valence-corrected chi connectivity index (χ2v) is 8.03. The summed E-state index contributed by atoms with van der Waals surface area (Å²) >= 11 is 0. The number of carboxylic acids is 1. The lowest BCUT2D eigenvalue weighted by Crippen LogP contribution is -2.28. The molecule has 2 N–H and O–H groups in total. The highest BCUT2D eigenvalue weighted by Crippen LogP contribution is 2.26. The van der Waals surface area contributed by atoms with Crippen LogP contribution in [0.25, 0.3) is 0 Å². The summed E-state index contributed by atoms with van der Waals surface area (Å²) in [5.41, 5.74) is 1.37. The number of ether oxygens (including phenoxy) is 1. The molecule has 1 saturated heterocycles. The van der Waals surface area contributed by atoms with Crippen LogP contribution < -0.4 is 9.62 Å². The number of carbonyl (C=O) groups is 2. The van der Waals surface area contributed by atoms with Gasteiger partial charge in [0.2, 0.25) is 15.9 Å². The minimum Gasteiger partial charge on any atom is -0.481 e. The van der Waals surface area contributed by atoms with Crippen molar-refractivity contribution < 1.29 is 27.9 Å². The molecular weight excluding hydrogens is 360 g/mol. The Balaban J connectivity index is 1.67. The van der Waals surface area contributed by atoms with Gasteiger partial charge in [-0.15, -0.1) is 0 Å². The van der Waals surface area contributed by atoms with Gasteiger partial charge in [-0.3, -0.25) is 9.59 Å². The van der Waals surface area contributed by atoms with E-state index >= 15 is 0 Å². The number of carbonyl (C=O) groups excluding carboxylic acids is 1. The van der Waals surface area contributed by atoms with Gasteiger partial charge in [-0.05, 0) is 36.3 Å². The molecule has 26 heavy (non-hydrogen) atoms. The number of hydrogen-bond acceptors (Lipinski definition) is 5. The molecule has 1 fully saturated rings. The number of nitrogens with one attached hydrogen (secondary N) is 1. The van der Waals surface area contributed by atoms with Crippen molar-refractivity contribution in [1.29, 1.82) is 0 Å². The second kappa shape index (κ2) is 7.56. The van der Waals surface area contributed by atoms with Crippen LogP contribution in [0, 0.1) is 5.92 Å². The Hall–Kier alpha value is -2.23. The Morgan fingerprint density at radius 3 is 2.62 bits per heavy atom. The molecule has 9 heteroatoms. The average molecular weight is 380 g/mol. The van der Waals surface area contributed by atoms with Crippen LogP contribution in [0.15, 0.2) is 40.8 Å². The Morgan fingerprint density at radius 2 is 2.04 bits per heavy atom. The van der Waals surface area contributed by atoms with Crippen molar-refractivity contribution in [1.82, 2.24) is 4.72 Å². The lowest BCUT2D eigenvalue weighted by Gasteiger charge is -2.17. The predicted octanol–water partition coefficient (Wildman–Crippen LogP) is 0.749. The van der Waals surface area contributed by atoms with Gasteiger partial charge in [-0.25, -0.2) is 13.1 Å². The van der Waals surface area contributed by atoms with Gasteiger partial charge >= 0.3 is 5.97 Å². The summed E-state index contributed by atoms with van der Waals surface area (Å²) in [6.45, 7) is 1.35. The molecule has 1 atom stereocenters. The van der Waals surface area contributed by atoms with E-state index in [1.807, 2.05) is 6.08 Å². The van der Waals surface area contributed by atoms with Crippen LogP contribution in [-0.2, 0) is 24.3 Å². The summed E-state index contributed by atoms with van der Waals surface area (Å²) in [5.74, 6) is -2.03. The number of aliphatic carboxylic acids is 1. The summed E-state index contributed by atoms with van der Waals surface area (Å²) in [4.78, 5) is 24.4. The Labute approximate surface area is 151 Å². The van der Waals surface area contributed by atoms with Crippen LogP contribution in [0.1, 0.15) is 12.8 Å². The van der Waals surface area contributed by atoms with Crippen molar-refractivity contribution in [2.45, 2.75) is 17.7 Å². The number of sulfonamides is 1. The van der Waals surface area contributed by atoms with E-state index in [4.69, 9.17) is 9.84 Å². The number of rotatable bonds is 6. The molecule has 0 aromatic heterocycles. The number of anilines is 1. The van der Waals surface area contributed by atoms with Crippen molar-refractivity contribution in [3.63, 3.8) is 0 Å². The Morgan fingerprint density at radius 1 is 1.31 bits per heavy atom. The highest BCUT2D eigenvalue weighted by molar-refractivity contribution is 7.89. The van der Waals surface area contributed by atoms with Crippen LogP contribution >= 0.6 is 0 Å². The molecule has 1 aromatic rings. The van der Waals surface area contributed by atoms with Crippen molar-refractivity contribution >= 4 is 27.6 Å². The predicted molar refractivity (Wildman–Crippen MR) is 93.2 cm³/mol. The normalized spacial score (nSPS) is 20.9. The number of hydrogen-bond donors (Lipinski definition) is 2. The summed E-state index contributed by atoms with van der Waals surface area (Å²) in [6.07, 6.45) is 2.69. The first-order chi connectivity index (χ1) is 12.4. The van der Waals surface area contributed by atoms with Crippen LogP contribution in [0.3, 0.4) is 0 Å². The van der Waals surface area contributed by atoms with Gasteiger partial charge in [0.15, 0.2) is 0 Å². The van der Waals surface area contributed by atoms with E-state index in [0.717, 1.165) is 12.0 Å². The molecule has 0 saturated carbocycles. The fourth-order valence-electron chi connectivity index (χ4n) is 2.93. The summed E-state index contributed by atoms with van der Waals surface area (Å²) < 4.78 is 32.6. The third kappa shape index (κ3) is 4.12.